The van der Waals surface area contributed by atoms with Crippen LogP contribution >= 0.6 is 0 Å². The number of likely N-dealkylation sites (tertiary alicyclic amines) is 1. The van der Waals surface area contributed by atoms with Gasteiger partial charge in [-0.1, -0.05) is 0 Å². The maximum absolute atomic E-state index is 11.9. The Kier molecular flexibility index (Phi) is 4.49. The van der Waals surface area contributed by atoms with E-state index >= 15 is 0 Å². The topological polar surface area (TPSA) is 78.6 Å². The molecular weight excluding hydrogens is 282 g/mol. The fourth-order valence-corrected chi connectivity index (χ4v) is 2.95. The van der Waals surface area contributed by atoms with E-state index in [4.69, 9.17) is 4.42 Å². The molecule has 6 heteroatoms. The van der Waals surface area contributed by atoms with E-state index < -0.39 is 6.10 Å². The number of carbonyl (C=O) groups is 1. The molecule has 3 rings (SSSR count). The highest BCUT2D eigenvalue weighted by molar-refractivity contribution is 5.81. The normalized spacial score (nSPS) is 21.8. The lowest BCUT2D eigenvalue weighted by atomic mass is 9.90. The Morgan fingerprint density at radius 1 is 1.36 bits per heavy atom. The van der Waals surface area contributed by atoms with E-state index in [1.165, 1.54) is 0 Å². The number of rotatable bonds is 5. The van der Waals surface area contributed by atoms with Crippen LogP contribution in [0, 0.1) is 19.8 Å². The molecule has 1 saturated heterocycles. The van der Waals surface area contributed by atoms with Gasteiger partial charge in [-0.3, -0.25) is 9.69 Å². The molecular formula is C16H25N3O3. The summed E-state index contributed by atoms with van der Waals surface area (Å²) in [5, 5.41) is 13.1. The van der Waals surface area contributed by atoms with Crippen molar-refractivity contribution in [2.75, 3.05) is 13.1 Å². The van der Waals surface area contributed by atoms with Crippen molar-refractivity contribution in [3.8, 4) is 0 Å². The van der Waals surface area contributed by atoms with Gasteiger partial charge in [-0.15, -0.1) is 0 Å². The third kappa shape index (κ3) is 3.67. The van der Waals surface area contributed by atoms with Gasteiger partial charge in [0.1, 0.15) is 11.9 Å². The van der Waals surface area contributed by atoms with Crippen molar-refractivity contribution in [2.24, 2.45) is 5.92 Å². The second-order valence-corrected chi connectivity index (χ2v) is 6.59. The lowest BCUT2D eigenvalue weighted by molar-refractivity contribution is -0.133. The van der Waals surface area contributed by atoms with E-state index in [9.17, 15) is 9.90 Å². The monoisotopic (exact) mass is 307 g/mol. The van der Waals surface area contributed by atoms with Gasteiger partial charge in [-0.25, -0.2) is 4.98 Å². The molecule has 6 nitrogen and oxygen atoms in total. The minimum absolute atomic E-state index is 0.0584. The number of hydrogen-bond donors (Lipinski definition) is 2. The van der Waals surface area contributed by atoms with Gasteiger partial charge >= 0.3 is 0 Å². The van der Waals surface area contributed by atoms with Gasteiger partial charge in [0.25, 0.3) is 0 Å². The molecule has 0 aromatic carbocycles. The van der Waals surface area contributed by atoms with Crippen LogP contribution < -0.4 is 5.32 Å². The summed E-state index contributed by atoms with van der Waals surface area (Å²) in [6.45, 7) is 6.29. The minimum Gasteiger partial charge on any atom is -0.444 e. The van der Waals surface area contributed by atoms with Gasteiger partial charge in [-0.05, 0) is 58.5 Å². The molecule has 1 aromatic heterocycles. The third-order valence-corrected chi connectivity index (χ3v) is 4.70. The molecule has 2 aliphatic rings. The first-order valence-corrected chi connectivity index (χ1v) is 8.16. The lowest BCUT2D eigenvalue weighted by Crippen LogP contribution is -2.44. The quantitative estimate of drug-likeness (QED) is 0.853. The summed E-state index contributed by atoms with van der Waals surface area (Å²) < 4.78 is 5.61. The molecule has 0 bridgehead atoms. The van der Waals surface area contributed by atoms with E-state index in [1.54, 1.807) is 0 Å². The van der Waals surface area contributed by atoms with Crippen molar-refractivity contribution < 1.29 is 14.3 Å². The first-order valence-electron chi connectivity index (χ1n) is 8.16. The van der Waals surface area contributed by atoms with Crippen molar-refractivity contribution in [3.63, 3.8) is 0 Å². The summed E-state index contributed by atoms with van der Waals surface area (Å²) in [7, 11) is 0. The number of aliphatic hydroxyl groups excluding tert-OH is 1. The van der Waals surface area contributed by atoms with E-state index in [0.717, 1.165) is 56.1 Å². The first-order chi connectivity index (χ1) is 10.5. The van der Waals surface area contributed by atoms with Crippen molar-refractivity contribution >= 4 is 5.91 Å². The molecule has 2 N–H and O–H groups in total. The molecule has 1 atom stereocenters. The number of piperidine rings is 1. The van der Waals surface area contributed by atoms with Crippen LogP contribution in [0.25, 0.3) is 0 Å². The average Bonchev–Trinajstić information content (AvgIpc) is 3.25. The van der Waals surface area contributed by atoms with Crippen molar-refractivity contribution in [2.45, 2.75) is 58.2 Å². The second kappa shape index (κ2) is 6.38. The summed E-state index contributed by atoms with van der Waals surface area (Å²) in [6.07, 6.45) is 2.89. The zero-order chi connectivity index (χ0) is 15.7. The SMILES string of the molecule is Cc1nc(CN2CCC([C@H](O)C(=O)NC3CC3)CC2)oc1C. The van der Waals surface area contributed by atoms with E-state index in [0.29, 0.717) is 12.6 Å². The highest BCUT2D eigenvalue weighted by atomic mass is 16.4. The zero-order valence-electron chi connectivity index (χ0n) is 13.3. The van der Waals surface area contributed by atoms with Crippen LogP contribution in [0.3, 0.4) is 0 Å². The largest absolute Gasteiger partial charge is 0.444 e. The Hall–Kier alpha value is -1.40. The molecule has 0 unspecified atom stereocenters. The fraction of sp³-hybridized carbons (Fsp3) is 0.750. The van der Waals surface area contributed by atoms with E-state index in [-0.39, 0.29) is 11.8 Å². The minimum atomic E-state index is -0.867. The number of oxazole rings is 1. The molecule has 1 saturated carbocycles. The molecule has 1 aliphatic heterocycles. The van der Waals surface area contributed by atoms with Crippen LogP contribution in [0.15, 0.2) is 4.42 Å². The summed E-state index contributed by atoms with van der Waals surface area (Å²) in [5.41, 5.74) is 0.942. The number of aromatic nitrogens is 1. The van der Waals surface area contributed by atoms with Gasteiger partial charge < -0.3 is 14.8 Å². The summed E-state index contributed by atoms with van der Waals surface area (Å²) in [4.78, 5) is 18.6. The number of aliphatic hydroxyl groups is 1. The Morgan fingerprint density at radius 2 is 2.05 bits per heavy atom. The van der Waals surface area contributed by atoms with Gasteiger partial charge in [0.15, 0.2) is 0 Å². The van der Waals surface area contributed by atoms with Gasteiger partial charge in [-0.2, -0.15) is 0 Å². The van der Waals surface area contributed by atoms with Crippen molar-refractivity contribution in [1.29, 1.82) is 0 Å². The van der Waals surface area contributed by atoms with Gasteiger partial charge in [0.2, 0.25) is 11.8 Å². The predicted molar refractivity (Wildman–Crippen MR) is 81.1 cm³/mol. The third-order valence-electron chi connectivity index (χ3n) is 4.70. The molecule has 1 aliphatic carbocycles. The lowest BCUT2D eigenvalue weighted by Gasteiger charge is -2.33. The van der Waals surface area contributed by atoms with Crippen LogP contribution in [-0.4, -0.2) is 46.1 Å². The highest BCUT2D eigenvalue weighted by Gasteiger charge is 2.33. The van der Waals surface area contributed by atoms with Gasteiger partial charge in [0.05, 0.1) is 12.2 Å². The smallest absolute Gasteiger partial charge is 0.249 e. The van der Waals surface area contributed by atoms with E-state index in [1.807, 2.05) is 13.8 Å². The molecule has 0 radical (unpaired) electrons. The number of amides is 1. The predicted octanol–water partition coefficient (Wildman–Crippen LogP) is 1.14. The second-order valence-electron chi connectivity index (χ2n) is 6.59. The number of nitrogens with zero attached hydrogens (tertiary/aromatic N) is 2. The van der Waals surface area contributed by atoms with Crippen LogP contribution in [0.5, 0.6) is 0 Å². The average molecular weight is 307 g/mol. The van der Waals surface area contributed by atoms with Crippen molar-refractivity contribution in [1.82, 2.24) is 15.2 Å². The maximum Gasteiger partial charge on any atom is 0.249 e. The zero-order valence-corrected chi connectivity index (χ0v) is 13.3. The van der Waals surface area contributed by atoms with Crippen LogP contribution in [0.2, 0.25) is 0 Å². The Labute approximate surface area is 130 Å². The Morgan fingerprint density at radius 3 is 2.59 bits per heavy atom. The van der Waals surface area contributed by atoms with E-state index in [2.05, 4.69) is 15.2 Å². The van der Waals surface area contributed by atoms with Crippen molar-refractivity contribution in [3.05, 3.63) is 17.3 Å². The Balaban J connectivity index is 1.46. The van der Waals surface area contributed by atoms with Gasteiger partial charge in [0, 0.05) is 6.04 Å². The molecule has 1 amide bonds. The maximum atomic E-state index is 11.9. The number of hydrogen-bond acceptors (Lipinski definition) is 5. The fourth-order valence-electron chi connectivity index (χ4n) is 2.95. The van der Waals surface area contributed by atoms with Crippen LogP contribution in [0.1, 0.15) is 43.0 Å². The summed E-state index contributed by atoms with van der Waals surface area (Å²) in [5.74, 6) is 1.49. The number of carbonyl (C=O) groups excluding carboxylic acids is 1. The molecule has 2 fully saturated rings. The number of nitrogens with one attached hydrogen (secondary N) is 1. The Bertz CT molecular complexity index is 511. The summed E-state index contributed by atoms with van der Waals surface area (Å²) >= 11 is 0. The standard InChI is InChI=1S/C16H25N3O3/c1-10-11(2)22-14(17-10)9-19-7-5-12(6-8-19)15(20)16(21)18-13-3-4-13/h12-13,15,20H,3-9H2,1-2H3,(H,18,21)/t15-/m0/s1. The first kappa shape index (κ1) is 15.5. The summed E-state index contributed by atoms with van der Waals surface area (Å²) in [6, 6.07) is 0.304. The molecule has 2 heterocycles. The highest BCUT2D eigenvalue weighted by Crippen LogP contribution is 2.24. The number of aryl methyl sites for hydroxylation is 2. The molecule has 122 valence electrons. The van der Waals surface area contributed by atoms with Crippen LogP contribution in [0.4, 0.5) is 0 Å². The molecule has 0 spiro atoms. The molecule has 1 aromatic rings. The molecule has 22 heavy (non-hydrogen) atoms. The van der Waals surface area contributed by atoms with Crippen LogP contribution in [-0.2, 0) is 11.3 Å².